The fraction of sp³-hybridized carbons (Fsp3) is 0.364. The van der Waals surface area contributed by atoms with Crippen LogP contribution in [0.25, 0.3) is 0 Å². The zero-order chi connectivity index (χ0) is 12.4. The summed E-state index contributed by atoms with van der Waals surface area (Å²) in [6, 6.07) is 7.91. The Morgan fingerprint density at radius 3 is 2.06 bits per heavy atom. The van der Waals surface area contributed by atoms with Crippen LogP contribution >= 0.6 is 0 Å². The van der Waals surface area contributed by atoms with Crippen LogP contribution in [-0.4, -0.2) is 17.6 Å². The maximum Gasteiger partial charge on any atom is 0.454 e. The van der Waals surface area contributed by atoms with Gasteiger partial charge < -0.3 is 4.74 Å². The van der Waals surface area contributed by atoms with Crippen LogP contribution in [0.3, 0.4) is 0 Å². The van der Waals surface area contributed by atoms with Gasteiger partial charge in [0.15, 0.2) is 5.60 Å². The van der Waals surface area contributed by atoms with Gasteiger partial charge >= 0.3 is 6.18 Å². The summed E-state index contributed by atoms with van der Waals surface area (Å²) in [5, 5.41) is 0. The van der Waals surface area contributed by atoms with E-state index in [0.717, 1.165) is 13.8 Å². The molecule has 0 saturated heterocycles. The highest BCUT2D eigenvalue weighted by atomic mass is 19.4. The molecule has 2 nitrogen and oxygen atoms in total. The van der Waals surface area contributed by atoms with Gasteiger partial charge in [0.2, 0.25) is 0 Å². The monoisotopic (exact) mass is 232 g/mol. The summed E-state index contributed by atoms with van der Waals surface area (Å²) < 4.78 is 41.7. The number of ether oxygens (including phenoxy) is 1. The lowest BCUT2D eigenvalue weighted by Gasteiger charge is -2.25. The van der Waals surface area contributed by atoms with Crippen LogP contribution in [0, 0.1) is 0 Å². The topological polar surface area (TPSA) is 26.3 Å². The van der Waals surface area contributed by atoms with Crippen molar-refractivity contribution in [2.45, 2.75) is 25.6 Å². The largest absolute Gasteiger partial charge is 0.480 e. The number of carbonyl (C=O) groups is 1. The van der Waals surface area contributed by atoms with Crippen LogP contribution in [-0.2, 0) is 4.79 Å². The number of alkyl halides is 3. The Hall–Kier alpha value is -1.52. The molecule has 88 valence electrons. The van der Waals surface area contributed by atoms with Crippen LogP contribution in [0.2, 0.25) is 0 Å². The number of para-hydroxylation sites is 1. The normalized spacial score (nSPS) is 12.3. The number of rotatable bonds is 3. The van der Waals surface area contributed by atoms with Gasteiger partial charge in [-0.2, -0.15) is 13.2 Å². The van der Waals surface area contributed by atoms with Gasteiger partial charge in [0.1, 0.15) is 5.75 Å². The quantitative estimate of drug-likeness (QED) is 0.800. The second kappa shape index (κ2) is 4.15. The van der Waals surface area contributed by atoms with Gasteiger partial charge in [0.05, 0.1) is 0 Å². The van der Waals surface area contributed by atoms with Gasteiger partial charge in [-0.1, -0.05) is 18.2 Å². The molecule has 0 heterocycles. The first-order valence-electron chi connectivity index (χ1n) is 4.59. The number of ketones is 1. The van der Waals surface area contributed by atoms with Crippen molar-refractivity contribution in [1.82, 2.24) is 0 Å². The molecule has 1 aromatic carbocycles. The minimum atomic E-state index is -4.89. The SMILES string of the molecule is CC(C)(Oc1ccccc1)C(=O)C(F)(F)F. The van der Waals surface area contributed by atoms with Gasteiger partial charge in [-0.3, -0.25) is 4.79 Å². The molecule has 0 saturated carbocycles. The first-order valence-corrected chi connectivity index (χ1v) is 4.59. The molecule has 16 heavy (non-hydrogen) atoms. The smallest absolute Gasteiger partial charge is 0.454 e. The third kappa shape index (κ3) is 2.98. The van der Waals surface area contributed by atoms with E-state index < -0.39 is 17.6 Å². The van der Waals surface area contributed by atoms with E-state index >= 15 is 0 Å². The van der Waals surface area contributed by atoms with Crippen molar-refractivity contribution in [3.63, 3.8) is 0 Å². The van der Waals surface area contributed by atoms with E-state index in [2.05, 4.69) is 0 Å². The number of hydrogen-bond donors (Lipinski definition) is 0. The zero-order valence-electron chi connectivity index (χ0n) is 8.84. The first-order chi connectivity index (χ1) is 7.23. The van der Waals surface area contributed by atoms with Crippen molar-refractivity contribution in [2.75, 3.05) is 0 Å². The first kappa shape index (κ1) is 12.5. The molecule has 1 rings (SSSR count). The Morgan fingerprint density at radius 2 is 1.62 bits per heavy atom. The highest BCUT2D eigenvalue weighted by molar-refractivity contribution is 5.91. The Labute approximate surface area is 91.0 Å². The number of hydrogen-bond acceptors (Lipinski definition) is 2. The summed E-state index contributed by atoms with van der Waals surface area (Å²) in [5.41, 5.74) is -1.92. The molecule has 0 aliphatic rings. The fourth-order valence-electron chi connectivity index (χ4n) is 1.17. The van der Waals surface area contributed by atoms with Crippen molar-refractivity contribution in [3.05, 3.63) is 30.3 Å². The Balaban J connectivity index is 2.84. The molecule has 0 amide bonds. The molecule has 0 aliphatic heterocycles. The molecule has 0 spiro atoms. The predicted molar refractivity (Wildman–Crippen MR) is 52.2 cm³/mol. The standard InChI is InChI=1S/C11H11F3O2/c1-10(2,9(15)11(12,13)14)16-8-6-4-3-5-7-8/h3-7H,1-2H3. The van der Waals surface area contributed by atoms with Gasteiger partial charge in [-0.25, -0.2) is 0 Å². The van der Waals surface area contributed by atoms with Gasteiger partial charge in [-0.15, -0.1) is 0 Å². The molecule has 0 bridgehead atoms. The summed E-state index contributed by atoms with van der Waals surface area (Å²) >= 11 is 0. The molecule has 5 heteroatoms. The molecule has 0 unspecified atom stereocenters. The lowest BCUT2D eigenvalue weighted by atomic mass is 10.0. The van der Waals surface area contributed by atoms with Gasteiger partial charge in [0.25, 0.3) is 5.78 Å². The van der Waals surface area contributed by atoms with Crippen molar-refractivity contribution in [3.8, 4) is 5.75 Å². The Bertz CT molecular complexity index is 369. The maximum absolute atomic E-state index is 12.2. The van der Waals surface area contributed by atoms with Crippen LogP contribution in [0.1, 0.15) is 13.8 Å². The van der Waals surface area contributed by atoms with Crippen LogP contribution in [0.5, 0.6) is 5.75 Å². The molecule has 0 fully saturated rings. The lowest BCUT2D eigenvalue weighted by Crippen LogP contribution is -2.46. The number of Topliss-reactive ketones (excluding diaryl/α,β-unsaturated/α-hetero) is 1. The summed E-state index contributed by atoms with van der Waals surface area (Å²) in [6.45, 7) is 2.19. The molecular weight excluding hydrogens is 221 g/mol. The second-order valence-corrected chi connectivity index (χ2v) is 3.75. The van der Waals surface area contributed by atoms with E-state index in [-0.39, 0.29) is 5.75 Å². The van der Waals surface area contributed by atoms with E-state index in [9.17, 15) is 18.0 Å². The highest BCUT2D eigenvalue weighted by Crippen LogP contribution is 2.27. The average Bonchev–Trinajstić information content (AvgIpc) is 2.16. The molecular formula is C11H11F3O2. The summed E-state index contributed by atoms with van der Waals surface area (Å²) in [7, 11) is 0. The van der Waals surface area contributed by atoms with E-state index in [4.69, 9.17) is 4.74 Å². The van der Waals surface area contributed by atoms with E-state index in [1.807, 2.05) is 0 Å². The average molecular weight is 232 g/mol. The van der Waals surface area contributed by atoms with Gasteiger partial charge in [0, 0.05) is 0 Å². The van der Waals surface area contributed by atoms with E-state index in [1.165, 1.54) is 12.1 Å². The fourth-order valence-corrected chi connectivity index (χ4v) is 1.17. The van der Waals surface area contributed by atoms with E-state index in [0.29, 0.717) is 0 Å². The zero-order valence-corrected chi connectivity index (χ0v) is 8.84. The second-order valence-electron chi connectivity index (χ2n) is 3.75. The molecule has 0 N–H and O–H groups in total. The molecule has 0 aliphatic carbocycles. The summed E-state index contributed by atoms with van der Waals surface area (Å²) in [5.74, 6) is -1.67. The number of halogens is 3. The number of benzene rings is 1. The van der Waals surface area contributed by atoms with Crippen molar-refractivity contribution in [1.29, 1.82) is 0 Å². The maximum atomic E-state index is 12.2. The predicted octanol–water partition coefficient (Wildman–Crippen LogP) is 2.98. The summed E-state index contributed by atoms with van der Waals surface area (Å²) in [6.07, 6.45) is -4.89. The van der Waals surface area contributed by atoms with Crippen molar-refractivity contribution in [2.24, 2.45) is 0 Å². The Kier molecular flexibility index (Phi) is 3.26. The molecule has 0 radical (unpaired) electrons. The lowest BCUT2D eigenvalue weighted by molar-refractivity contribution is -0.184. The van der Waals surface area contributed by atoms with Gasteiger partial charge in [-0.05, 0) is 26.0 Å². The molecule has 1 aromatic rings. The van der Waals surface area contributed by atoms with Crippen LogP contribution in [0.4, 0.5) is 13.2 Å². The minimum absolute atomic E-state index is 0.227. The highest BCUT2D eigenvalue weighted by Gasteiger charge is 2.49. The van der Waals surface area contributed by atoms with E-state index in [1.54, 1.807) is 18.2 Å². The third-order valence-electron chi connectivity index (χ3n) is 1.92. The molecule has 0 aromatic heterocycles. The minimum Gasteiger partial charge on any atom is -0.480 e. The van der Waals surface area contributed by atoms with Crippen LogP contribution < -0.4 is 4.74 Å². The van der Waals surface area contributed by atoms with Crippen LogP contribution in [0.15, 0.2) is 30.3 Å². The number of carbonyl (C=O) groups excluding carboxylic acids is 1. The van der Waals surface area contributed by atoms with Crippen molar-refractivity contribution >= 4 is 5.78 Å². The molecule has 0 atom stereocenters. The third-order valence-corrected chi connectivity index (χ3v) is 1.92. The summed E-state index contributed by atoms with van der Waals surface area (Å²) in [4.78, 5) is 11.0. The van der Waals surface area contributed by atoms with Crippen molar-refractivity contribution < 1.29 is 22.7 Å². The Morgan fingerprint density at radius 1 is 1.12 bits per heavy atom.